The third-order valence-electron chi connectivity index (χ3n) is 11.1. The van der Waals surface area contributed by atoms with E-state index in [0.717, 1.165) is 50.6 Å². The van der Waals surface area contributed by atoms with Crippen LogP contribution in [0.4, 0.5) is 0 Å². The van der Waals surface area contributed by atoms with Crippen LogP contribution in [0.2, 0.25) is 0 Å². The number of nitrogens with zero attached hydrogens (tertiary/aromatic N) is 3. The molecule has 3 heteroatoms. The van der Waals surface area contributed by atoms with E-state index in [2.05, 4.69) is 209 Å². The molecule has 0 amide bonds. The van der Waals surface area contributed by atoms with Gasteiger partial charge in [-0.3, -0.25) is 0 Å². The summed E-state index contributed by atoms with van der Waals surface area (Å²) >= 11 is 0. The van der Waals surface area contributed by atoms with Crippen molar-refractivity contribution in [1.29, 1.82) is 0 Å². The van der Waals surface area contributed by atoms with Gasteiger partial charge in [-0.25, -0.2) is 4.98 Å². The smallest absolute Gasteiger partial charge is 0.0715 e. The molecule has 11 aromatic rings. The number of benzene rings is 8. The molecular formula is C53H35N3. The minimum Gasteiger partial charge on any atom is -0.309 e. The van der Waals surface area contributed by atoms with Crippen LogP contribution >= 0.6 is 0 Å². The van der Waals surface area contributed by atoms with Crippen LogP contribution in [0, 0.1) is 0 Å². The number of fused-ring (bicyclic) bond motifs is 7. The molecular weight excluding hydrogens is 679 g/mol. The molecule has 0 saturated heterocycles. The molecule has 0 bridgehead atoms. The maximum Gasteiger partial charge on any atom is 0.0715 e. The summed E-state index contributed by atoms with van der Waals surface area (Å²) in [4.78, 5) is 5.11. The van der Waals surface area contributed by atoms with Crippen LogP contribution in [-0.2, 0) is 0 Å². The topological polar surface area (TPSA) is 22.8 Å². The zero-order valence-electron chi connectivity index (χ0n) is 30.5. The Labute approximate surface area is 325 Å². The minimum absolute atomic E-state index is 0.961. The molecule has 11 rings (SSSR count). The van der Waals surface area contributed by atoms with Gasteiger partial charge in [0.25, 0.3) is 0 Å². The molecule has 3 nitrogen and oxygen atoms in total. The van der Waals surface area contributed by atoms with Crippen molar-refractivity contribution in [3.63, 3.8) is 0 Å². The number of hydrogen-bond acceptors (Lipinski definition) is 1. The van der Waals surface area contributed by atoms with Crippen molar-refractivity contribution in [2.75, 3.05) is 0 Å². The summed E-state index contributed by atoms with van der Waals surface area (Å²) in [5, 5.41) is 4.98. The monoisotopic (exact) mass is 713 g/mol. The lowest BCUT2D eigenvalue weighted by Crippen LogP contribution is -1.98. The van der Waals surface area contributed by atoms with Crippen molar-refractivity contribution in [3.8, 4) is 56.1 Å². The Kier molecular flexibility index (Phi) is 7.49. The van der Waals surface area contributed by atoms with Gasteiger partial charge in [0, 0.05) is 43.9 Å². The molecule has 0 aliphatic heterocycles. The standard InChI is InChI=1S/C53H35N3/c1-4-16-38(17-5-1)46-34-40(35-47(54-46)39-18-6-2-7-19-39)36-28-30-37(31-29-36)42-22-10-13-25-48(42)56-49-26-14-11-23-43(49)44-32-33-51-52(53(44)56)45-24-12-15-27-50(45)55(51)41-20-8-3-9-21-41/h1-35H. The predicted octanol–water partition coefficient (Wildman–Crippen LogP) is 13.9. The molecule has 0 aliphatic carbocycles. The second kappa shape index (κ2) is 13.1. The molecule has 0 radical (unpaired) electrons. The van der Waals surface area contributed by atoms with Gasteiger partial charge in [-0.05, 0) is 65.2 Å². The van der Waals surface area contributed by atoms with Crippen molar-refractivity contribution >= 4 is 43.6 Å². The summed E-state index contributed by atoms with van der Waals surface area (Å²) in [5.41, 5.74) is 15.9. The van der Waals surface area contributed by atoms with Crippen molar-refractivity contribution in [1.82, 2.24) is 14.1 Å². The molecule has 3 aromatic heterocycles. The van der Waals surface area contributed by atoms with Gasteiger partial charge in [0.15, 0.2) is 0 Å². The summed E-state index contributed by atoms with van der Waals surface area (Å²) in [6, 6.07) is 76.2. The highest BCUT2D eigenvalue weighted by atomic mass is 15.0. The molecule has 262 valence electrons. The molecule has 0 N–H and O–H groups in total. The van der Waals surface area contributed by atoms with Crippen LogP contribution in [0.25, 0.3) is 99.8 Å². The minimum atomic E-state index is 0.961. The molecule has 0 spiro atoms. The highest BCUT2D eigenvalue weighted by Crippen LogP contribution is 2.43. The SMILES string of the molecule is c1ccc(-c2cc(-c3ccc(-c4ccccc4-n4c5ccccc5c5ccc6c(c7ccccc7n6-c6ccccc6)c54)cc3)cc(-c3ccccc3)n2)cc1. The number of pyridine rings is 1. The Balaban J connectivity index is 1.11. The highest BCUT2D eigenvalue weighted by Gasteiger charge is 2.22. The lowest BCUT2D eigenvalue weighted by Gasteiger charge is -2.15. The highest BCUT2D eigenvalue weighted by molar-refractivity contribution is 6.26. The van der Waals surface area contributed by atoms with Gasteiger partial charge in [-0.2, -0.15) is 0 Å². The fourth-order valence-corrected chi connectivity index (χ4v) is 8.58. The van der Waals surface area contributed by atoms with E-state index in [0.29, 0.717) is 0 Å². The largest absolute Gasteiger partial charge is 0.309 e. The zero-order valence-corrected chi connectivity index (χ0v) is 30.5. The van der Waals surface area contributed by atoms with Gasteiger partial charge in [0.1, 0.15) is 0 Å². The van der Waals surface area contributed by atoms with Gasteiger partial charge in [0.2, 0.25) is 0 Å². The third kappa shape index (κ3) is 5.17. The van der Waals surface area contributed by atoms with Crippen LogP contribution in [0.3, 0.4) is 0 Å². The quantitative estimate of drug-likeness (QED) is 0.168. The van der Waals surface area contributed by atoms with Crippen molar-refractivity contribution < 1.29 is 0 Å². The summed E-state index contributed by atoms with van der Waals surface area (Å²) < 4.78 is 4.90. The van der Waals surface area contributed by atoms with E-state index < -0.39 is 0 Å². The van der Waals surface area contributed by atoms with Crippen LogP contribution in [0.5, 0.6) is 0 Å². The van der Waals surface area contributed by atoms with E-state index in [-0.39, 0.29) is 0 Å². The van der Waals surface area contributed by atoms with E-state index in [1.54, 1.807) is 0 Å². The normalized spacial score (nSPS) is 11.6. The summed E-state index contributed by atoms with van der Waals surface area (Å²) in [6.45, 7) is 0. The van der Waals surface area contributed by atoms with Gasteiger partial charge in [-0.15, -0.1) is 0 Å². The summed E-state index contributed by atoms with van der Waals surface area (Å²) in [5.74, 6) is 0. The van der Waals surface area contributed by atoms with E-state index in [1.165, 1.54) is 49.2 Å². The molecule has 3 heterocycles. The first-order valence-corrected chi connectivity index (χ1v) is 19.1. The molecule has 0 unspecified atom stereocenters. The van der Waals surface area contributed by atoms with E-state index in [9.17, 15) is 0 Å². The first-order valence-electron chi connectivity index (χ1n) is 19.1. The average molecular weight is 714 g/mol. The van der Waals surface area contributed by atoms with E-state index in [4.69, 9.17) is 4.98 Å². The maximum atomic E-state index is 5.11. The summed E-state index contributed by atoms with van der Waals surface area (Å²) in [6.07, 6.45) is 0. The van der Waals surface area contributed by atoms with E-state index >= 15 is 0 Å². The second-order valence-electron chi connectivity index (χ2n) is 14.3. The Morgan fingerprint density at radius 3 is 1.54 bits per heavy atom. The predicted molar refractivity (Wildman–Crippen MR) is 235 cm³/mol. The Morgan fingerprint density at radius 2 is 0.857 bits per heavy atom. The fourth-order valence-electron chi connectivity index (χ4n) is 8.58. The lowest BCUT2D eigenvalue weighted by atomic mass is 9.97. The van der Waals surface area contributed by atoms with Crippen LogP contribution in [-0.4, -0.2) is 14.1 Å². The van der Waals surface area contributed by atoms with Crippen LogP contribution in [0.1, 0.15) is 0 Å². The van der Waals surface area contributed by atoms with Crippen LogP contribution in [0.15, 0.2) is 212 Å². The first-order chi connectivity index (χ1) is 27.8. The number of rotatable bonds is 6. The molecule has 8 aromatic carbocycles. The summed E-state index contributed by atoms with van der Waals surface area (Å²) in [7, 11) is 0. The van der Waals surface area contributed by atoms with Gasteiger partial charge in [0.05, 0.1) is 39.1 Å². The molecule has 0 fully saturated rings. The van der Waals surface area contributed by atoms with E-state index in [1.807, 2.05) is 12.1 Å². The number of para-hydroxylation sites is 4. The Bertz CT molecular complexity index is 3150. The van der Waals surface area contributed by atoms with Crippen LogP contribution < -0.4 is 0 Å². The number of aromatic nitrogens is 3. The first kappa shape index (κ1) is 32.0. The lowest BCUT2D eigenvalue weighted by molar-refractivity contribution is 1.17. The Hall–Kier alpha value is -7.49. The maximum absolute atomic E-state index is 5.11. The van der Waals surface area contributed by atoms with Gasteiger partial charge < -0.3 is 9.13 Å². The van der Waals surface area contributed by atoms with Crippen molar-refractivity contribution in [3.05, 3.63) is 212 Å². The average Bonchev–Trinajstić information content (AvgIpc) is 3.80. The zero-order chi connectivity index (χ0) is 37.0. The number of hydrogen-bond donors (Lipinski definition) is 0. The van der Waals surface area contributed by atoms with Crippen molar-refractivity contribution in [2.24, 2.45) is 0 Å². The molecule has 0 aliphatic rings. The molecule has 0 atom stereocenters. The van der Waals surface area contributed by atoms with Gasteiger partial charge in [-0.1, -0.05) is 164 Å². The fraction of sp³-hybridized carbons (Fsp3) is 0. The van der Waals surface area contributed by atoms with Gasteiger partial charge >= 0.3 is 0 Å². The third-order valence-corrected chi connectivity index (χ3v) is 11.1. The molecule has 56 heavy (non-hydrogen) atoms. The Morgan fingerprint density at radius 1 is 0.321 bits per heavy atom. The van der Waals surface area contributed by atoms with Crippen molar-refractivity contribution in [2.45, 2.75) is 0 Å². The molecule has 0 saturated carbocycles. The second-order valence-corrected chi connectivity index (χ2v) is 14.3.